The lowest BCUT2D eigenvalue weighted by Gasteiger charge is -2.04. The fourth-order valence-corrected chi connectivity index (χ4v) is 4.64. The number of amides is 2. The lowest BCUT2D eigenvalue weighted by molar-refractivity contribution is 0.0952. The van der Waals surface area contributed by atoms with Crippen LogP contribution in [-0.2, 0) is 0 Å². The fraction of sp³-hybridized carbons (Fsp3) is 0.150. The van der Waals surface area contributed by atoms with Gasteiger partial charge < -0.3 is 10.4 Å². The maximum Gasteiger partial charge on any atom is 0.281 e. The van der Waals surface area contributed by atoms with E-state index < -0.39 is 5.91 Å². The maximum absolute atomic E-state index is 12.3. The number of hydrogen-bond donors (Lipinski definition) is 3. The minimum atomic E-state index is -0.436. The number of nitrogens with zero attached hydrogens (tertiary/aromatic N) is 1. The number of nitrogens with one attached hydrogen (secondary N) is 2. The van der Waals surface area contributed by atoms with E-state index in [0.29, 0.717) is 42.5 Å². The van der Waals surface area contributed by atoms with Crippen LogP contribution in [0, 0.1) is 0 Å². The molecule has 0 spiro atoms. The van der Waals surface area contributed by atoms with Gasteiger partial charge in [-0.3, -0.25) is 9.59 Å². The van der Waals surface area contributed by atoms with Crippen LogP contribution in [0.25, 0.3) is 10.4 Å². The average Bonchev–Trinajstić information content (AvgIpc) is 3.35. The highest BCUT2D eigenvalue weighted by atomic mass is 35.5. The zero-order chi connectivity index (χ0) is 21.8. The maximum atomic E-state index is 12.3. The first-order valence-corrected chi connectivity index (χ1v) is 11.3. The van der Waals surface area contributed by atoms with Crippen molar-refractivity contribution in [3.8, 4) is 16.2 Å². The van der Waals surface area contributed by atoms with Crippen LogP contribution in [0.2, 0.25) is 10.0 Å². The van der Waals surface area contributed by atoms with Crippen LogP contribution < -0.4 is 10.7 Å². The van der Waals surface area contributed by atoms with Crippen LogP contribution in [0.15, 0.2) is 40.8 Å². The Labute approximate surface area is 191 Å². The van der Waals surface area contributed by atoms with Gasteiger partial charge in [0.15, 0.2) is 0 Å². The van der Waals surface area contributed by atoms with Crippen molar-refractivity contribution in [3.05, 3.63) is 61.1 Å². The van der Waals surface area contributed by atoms with E-state index in [1.165, 1.54) is 11.3 Å². The molecule has 2 amide bonds. The van der Waals surface area contributed by atoms with Gasteiger partial charge in [-0.1, -0.05) is 29.3 Å². The third-order valence-corrected chi connectivity index (χ3v) is 6.89. The standard InChI is InChI=1S/C20H17Cl2N3O3S2/c1-3-23-19(27)15-6-7-16(30-15)20(28)25-24-10(2)12-9-29-18(17(12)26)11-4-5-13(21)14(22)8-11/h4-9,26H,3H2,1-2H3,(H,23,27)(H,25,28)/b24-10+. The van der Waals surface area contributed by atoms with Crippen LogP contribution >= 0.6 is 45.9 Å². The van der Waals surface area contributed by atoms with Crippen molar-refractivity contribution in [1.29, 1.82) is 0 Å². The molecule has 30 heavy (non-hydrogen) atoms. The zero-order valence-electron chi connectivity index (χ0n) is 16.0. The lowest BCUT2D eigenvalue weighted by atomic mass is 10.1. The van der Waals surface area contributed by atoms with E-state index >= 15 is 0 Å². The highest BCUT2D eigenvalue weighted by molar-refractivity contribution is 7.16. The SMILES string of the molecule is CCNC(=O)c1ccc(C(=O)N/N=C(\C)c2csc(-c3ccc(Cl)c(Cl)c3)c2O)s1. The van der Waals surface area contributed by atoms with Crippen molar-refractivity contribution in [2.75, 3.05) is 6.54 Å². The van der Waals surface area contributed by atoms with Gasteiger partial charge in [-0.15, -0.1) is 22.7 Å². The normalized spacial score (nSPS) is 11.4. The summed E-state index contributed by atoms with van der Waals surface area (Å²) >= 11 is 14.4. The zero-order valence-corrected chi connectivity index (χ0v) is 19.1. The summed E-state index contributed by atoms with van der Waals surface area (Å²) in [5.41, 5.74) is 4.12. The predicted octanol–water partition coefficient (Wildman–Crippen LogP) is 5.39. The Hall–Kier alpha value is -2.39. The Kier molecular flexibility index (Phi) is 7.14. The topological polar surface area (TPSA) is 90.8 Å². The van der Waals surface area contributed by atoms with E-state index in [9.17, 15) is 14.7 Å². The van der Waals surface area contributed by atoms with E-state index in [0.717, 1.165) is 16.9 Å². The Morgan fingerprint density at radius 1 is 1.10 bits per heavy atom. The molecule has 0 saturated heterocycles. The van der Waals surface area contributed by atoms with Gasteiger partial charge in [-0.2, -0.15) is 5.10 Å². The first kappa shape index (κ1) is 22.3. The van der Waals surface area contributed by atoms with Crippen molar-refractivity contribution in [2.45, 2.75) is 13.8 Å². The summed E-state index contributed by atoms with van der Waals surface area (Å²) in [5, 5.41) is 19.9. The molecule has 3 aromatic rings. The molecule has 10 heteroatoms. The second kappa shape index (κ2) is 9.61. The predicted molar refractivity (Wildman–Crippen MR) is 123 cm³/mol. The third-order valence-electron chi connectivity index (χ3n) is 4.05. The molecule has 0 radical (unpaired) electrons. The molecule has 0 saturated carbocycles. The number of rotatable bonds is 6. The van der Waals surface area contributed by atoms with Gasteiger partial charge in [0, 0.05) is 11.9 Å². The number of aromatic hydroxyl groups is 1. The van der Waals surface area contributed by atoms with Gasteiger partial charge >= 0.3 is 0 Å². The van der Waals surface area contributed by atoms with Crippen molar-refractivity contribution in [1.82, 2.24) is 10.7 Å². The Morgan fingerprint density at radius 3 is 2.47 bits per heavy atom. The first-order valence-electron chi connectivity index (χ1n) is 8.80. The molecule has 0 fully saturated rings. The number of thiophene rings is 2. The summed E-state index contributed by atoms with van der Waals surface area (Å²) in [5.74, 6) is -0.614. The van der Waals surface area contributed by atoms with Crippen molar-refractivity contribution in [2.24, 2.45) is 5.10 Å². The minimum Gasteiger partial charge on any atom is -0.506 e. The number of benzene rings is 1. The van der Waals surface area contributed by atoms with Crippen molar-refractivity contribution >= 4 is 63.4 Å². The third kappa shape index (κ3) is 4.84. The van der Waals surface area contributed by atoms with Crippen molar-refractivity contribution in [3.63, 3.8) is 0 Å². The first-order chi connectivity index (χ1) is 14.3. The van der Waals surface area contributed by atoms with Crippen LogP contribution in [0.5, 0.6) is 5.75 Å². The summed E-state index contributed by atoms with van der Waals surface area (Å²) in [6.45, 7) is 4.01. The average molecular weight is 482 g/mol. The second-order valence-electron chi connectivity index (χ2n) is 6.12. The Morgan fingerprint density at radius 2 is 1.80 bits per heavy atom. The molecule has 0 unspecified atom stereocenters. The quantitative estimate of drug-likeness (QED) is 0.325. The van der Waals surface area contributed by atoms with Gasteiger partial charge in [-0.25, -0.2) is 5.43 Å². The molecule has 2 aromatic heterocycles. The summed E-state index contributed by atoms with van der Waals surface area (Å²) in [7, 11) is 0. The molecular weight excluding hydrogens is 465 g/mol. The van der Waals surface area contributed by atoms with Gasteiger partial charge in [0.1, 0.15) is 5.75 Å². The summed E-state index contributed by atoms with van der Waals surface area (Å²) < 4.78 is 0. The molecule has 0 atom stereocenters. The van der Waals surface area contributed by atoms with Gasteiger partial charge in [0.05, 0.1) is 36.0 Å². The molecule has 0 aliphatic carbocycles. The molecule has 2 heterocycles. The van der Waals surface area contributed by atoms with Gasteiger partial charge in [0.2, 0.25) is 0 Å². The van der Waals surface area contributed by atoms with E-state index in [2.05, 4.69) is 15.8 Å². The van der Waals surface area contributed by atoms with E-state index in [-0.39, 0.29) is 11.7 Å². The Balaban J connectivity index is 1.74. The molecule has 1 aromatic carbocycles. The van der Waals surface area contributed by atoms with Crippen molar-refractivity contribution < 1.29 is 14.7 Å². The van der Waals surface area contributed by atoms with Crippen LogP contribution in [0.1, 0.15) is 38.8 Å². The Bertz CT molecular complexity index is 1140. The molecular formula is C20H17Cl2N3O3S2. The number of halogens is 2. The smallest absolute Gasteiger partial charge is 0.281 e. The number of hydrazone groups is 1. The van der Waals surface area contributed by atoms with Gasteiger partial charge in [0.25, 0.3) is 11.8 Å². The van der Waals surface area contributed by atoms with Crippen LogP contribution in [0.4, 0.5) is 0 Å². The molecule has 0 aliphatic rings. The number of carbonyl (C=O) groups excluding carboxylic acids is 2. The van der Waals surface area contributed by atoms with Crippen LogP contribution in [-0.4, -0.2) is 29.2 Å². The lowest BCUT2D eigenvalue weighted by Crippen LogP contribution is -2.21. The highest BCUT2D eigenvalue weighted by Crippen LogP contribution is 2.40. The molecule has 3 N–H and O–H groups in total. The molecule has 0 bridgehead atoms. The molecule has 6 nitrogen and oxygen atoms in total. The summed E-state index contributed by atoms with van der Waals surface area (Å²) in [6, 6.07) is 8.27. The summed E-state index contributed by atoms with van der Waals surface area (Å²) in [6.07, 6.45) is 0. The van der Waals surface area contributed by atoms with Gasteiger partial charge in [-0.05, 0) is 43.7 Å². The second-order valence-corrected chi connectivity index (χ2v) is 8.90. The molecule has 0 aliphatic heterocycles. The monoisotopic (exact) mass is 481 g/mol. The largest absolute Gasteiger partial charge is 0.506 e. The number of carbonyl (C=O) groups is 2. The van der Waals surface area contributed by atoms with E-state index in [1.807, 2.05) is 6.92 Å². The highest BCUT2D eigenvalue weighted by Gasteiger charge is 2.17. The molecule has 3 rings (SSSR count). The van der Waals surface area contributed by atoms with E-state index in [4.69, 9.17) is 23.2 Å². The van der Waals surface area contributed by atoms with E-state index in [1.54, 1.807) is 42.6 Å². The molecule has 156 valence electrons. The van der Waals surface area contributed by atoms with Crippen LogP contribution in [0.3, 0.4) is 0 Å². The number of hydrogen-bond acceptors (Lipinski definition) is 6. The summed E-state index contributed by atoms with van der Waals surface area (Å²) in [4.78, 5) is 25.6. The fourth-order valence-electron chi connectivity index (χ4n) is 2.53. The minimum absolute atomic E-state index is 0.0449.